The predicted octanol–water partition coefficient (Wildman–Crippen LogP) is 2.61. The van der Waals surface area contributed by atoms with Crippen LogP contribution in [0.5, 0.6) is 5.75 Å². The number of aliphatic hydroxyl groups is 1. The van der Waals surface area contributed by atoms with Crippen LogP contribution in [0.4, 0.5) is 0 Å². The maximum Gasteiger partial charge on any atom is 0.247 e. The van der Waals surface area contributed by atoms with Crippen LogP contribution in [0.2, 0.25) is 0 Å². The molecular formula is C23H34N2O4S. The number of hydrogen-bond donors (Lipinski definition) is 2. The Hall–Kier alpha value is -1.59. The first-order valence-corrected chi connectivity index (χ1v) is 12.4. The Balaban J connectivity index is 1.96. The minimum atomic E-state index is -3.80. The summed E-state index contributed by atoms with van der Waals surface area (Å²) in [4.78, 5) is 0.136. The third-order valence-corrected chi connectivity index (χ3v) is 8.19. The van der Waals surface area contributed by atoms with Crippen LogP contribution in [0.15, 0.2) is 23.1 Å². The van der Waals surface area contributed by atoms with Crippen LogP contribution in [-0.4, -0.2) is 56.7 Å². The molecule has 1 aromatic rings. The maximum atomic E-state index is 13.4. The molecule has 30 heavy (non-hydrogen) atoms. The Morgan fingerprint density at radius 1 is 1.33 bits per heavy atom. The summed E-state index contributed by atoms with van der Waals surface area (Å²) in [5.74, 6) is 7.44. The second-order valence-electron chi connectivity index (χ2n) is 8.62. The molecule has 1 heterocycles. The lowest BCUT2D eigenvalue weighted by Gasteiger charge is -2.36. The van der Waals surface area contributed by atoms with Gasteiger partial charge < -0.3 is 15.2 Å². The molecule has 1 aromatic carbocycles. The highest BCUT2D eigenvalue weighted by Gasteiger charge is 2.37. The molecule has 1 fully saturated rings. The molecule has 2 aliphatic rings. The van der Waals surface area contributed by atoms with E-state index in [1.165, 1.54) is 30.0 Å². The van der Waals surface area contributed by atoms with Crippen LogP contribution in [-0.2, 0) is 10.0 Å². The minimum absolute atomic E-state index is 0.0496. The largest absolute Gasteiger partial charge is 0.487 e. The number of ether oxygens (including phenoxy) is 1. The van der Waals surface area contributed by atoms with E-state index in [1.54, 1.807) is 25.1 Å². The van der Waals surface area contributed by atoms with Gasteiger partial charge in [-0.1, -0.05) is 31.6 Å². The van der Waals surface area contributed by atoms with Crippen molar-refractivity contribution in [3.05, 3.63) is 23.8 Å². The van der Waals surface area contributed by atoms with Gasteiger partial charge in [0.2, 0.25) is 10.0 Å². The molecule has 1 saturated carbocycles. The van der Waals surface area contributed by atoms with Gasteiger partial charge in [-0.15, -0.1) is 0 Å². The van der Waals surface area contributed by atoms with Gasteiger partial charge in [0.1, 0.15) is 16.7 Å². The first kappa shape index (κ1) is 23.1. The van der Waals surface area contributed by atoms with Gasteiger partial charge >= 0.3 is 0 Å². The Labute approximate surface area is 181 Å². The van der Waals surface area contributed by atoms with E-state index in [0.29, 0.717) is 24.8 Å². The quantitative estimate of drug-likeness (QED) is 0.697. The number of nitrogens with zero attached hydrogens (tertiary/aromatic N) is 1. The first-order valence-electron chi connectivity index (χ1n) is 10.9. The monoisotopic (exact) mass is 434 g/mol. The molecule has 0 saturated heterocycles. The van der Waals surface area contributed by atoms with E-state index in [9.17, 15) is 13.5 Å². The van der Waals surface area contributed by atoms with Crippen molar-refractivity contribution < 1.29 is 18.3 Å². The summed E-state index contributed by atoms with van der Waals surface area (Å²) in [6.07, 6.45) is 5.79. The number of hydrogen-bond acceptors (Lipinski definition) is 5. The molecule has 2 N–H and O–H groups in total. The molecule has 0 aromatic heterocycles. The van der Waals surface area contributed by atoms with Crippen LogP contribution >= 0.6 is 0 Å². The van der Waals surface area contributed by atoms with Crippen molar-refractivity contribution in [2.45, 2.75) is 63.0 Å². The van der Waals surface area contributed by atoms with E-state index in [0.717, 1.165) is 12.0 Å². The van der Waals surface area contributed by atoms with Crippen LogP contribution in [0.25, 0.3) is 0 Å². The number of sulfonamides is 1. The average molecular weight is 435 g/mol. The number of likely N-dealkylation sites (N-methyl/N-ethyl adjacent to an activating group) is 1. The van der Waals surface area contributed by atoms with Crippen molar-refractivity contribution in [2.75, 3.05) is 26.7 Å². The molecule has 0 unspecified atom stereocenters. The summed E-state index contributed by atoms with van der Waals surface area (Å²) in [5, 5.41) is 12.8. The molecule has 166 valence electrons. The normalized spacial score (nSPS) is 25.3. The summed E-state index contributed by atoms with van der Waals surface area (Å²) >= 11 is 0. The van der Waals surface area contributed by atoms with Gasteiger partial charge in [0, 0.05) is 37.0 Å². The Morgan fingerprint density at radius 2 is 2.07 bits per heavy atom. The Kier molecular flexibility index (Phi) is 7.81. The summed E-state index contributed by atoms with van der Waals surface area (Å²) in [7, 11) is -1.94. The second kappa shape index (κ2) is 10.1. The smallest absolute Gasteiger partial charge is 0.247 e. The van der Waals surface area contributed by atoms with Crippen molar-refractivity contribution in [3.8, 4) is 17.6 Å². The zero-order chi connectivity index (χ0) is 21.7. The second-order valence-corrected chi connectivity index (χ2v) is 10.5. The van der Waals surface area contributed by atoms with E-state index < -0.39 is 16.1 Å². The molecule has 0 bridgehead atoms. The lowest BCUT2D eigenvalue weighted by Crippen LogP contribution is -2.49. The van der Waals surface area contributed by atoms with Crippen LogP contribution in [0, 0.1) is 23.7 Å². The molecule has 1 aliphatic carbocycles. The molecule has 3 rings (SSSR count). The van der Waals surface area contributed by atoms with E-state index >= 15 is 0 Å². The molecule has 1 aliphatic heterocycles. The zero-order valence-electron chi connectivity index (χ0n) is 18.2. The van der Waals surface area contributed by atoms with Gasteiger partial charge in [-0.05, 0) is 50.9 Å². The number of fused-ring (bicyclic) bond motifs is 1. The number of aliphatic hydroxyl groups excluding tert-OH is 1. The Bertz CT molecular complexity index is 884. The van der Waals surface area contributed by atoms with Crippen molar-refractivity contribution in [2.24, 2.45) is 11.8 Å². The van der Waals surface area contributed by atoms with E-state index in [1.807, 2.05) is 14.0 Å². The molecular weight excluding hydrogens is 400 g/mol. The third kappa shape index (κ3) is 5.17. The van der Waals surface area contributed by atoms with Crippen molar-refractivity contribution in [3.63, 3.8) is 0 Å². The average Bonchev–Trinajstić information content (AvgIpc) is 3.23. The van der Waals surface area contributed by atoms with Gasteiger partial charge in [-0.2, -0.15) is 4.31 Å². The zero-order valence-corrected chi connectivity index (χ0v) is 19.0. The predicted molar refractivity (Wildman–Crippen MR) is 118 cm³/mol. The fraction of sp³-hybridized carbons (Fsp3) is 0.652. The number of rotatable bonds is 5. The van der Waals surface area contributed by atoms with E-state index in [-0.39, 0.29) is 23.5 Å². The number of nitrogens with one attached hydrogen (secondary N) is 1. The van der Waals surface area contributed by atoms with Gasteiger partial charge in [0.25, 0.3) is 0 Å². The molecule has 3 atom stereocenters. The van der Waals surface area contributed by atoms with E-state index in [2.05, 4.69) is 17.2 Å². The molecule has 0 spiro atoms. The van der Waals surface area contributed by atoms with Gasteiger partial charge in [0.05, 0.1) is 6.61 Å². The van der Waals surface area contributed by atoms with Gasteiger partial charge in [-0.25, -0.2) is 8.42 Å². The Morgan fingerprint density at radius 3 is 2.73 bits per heavy atom. The van der Waals surface area contributed by atoms with Crippen LogP contribution in [0.3, 0.4) is 0 Å². The molecule has 6 nitrogen and oxygen atoms in total. The van der Waals surface area contributed by atoms with Crippen molar-refractivity contribution in [1.29, 1.82) is 0 Å². The highest BCUT2D eigenvalue weighted by atomic mass is 32.2. The van der Waals surface area contributed by atoms with Gasteiger partial charge in [0.15, 0.2) is 0 Å². The standard InChI is InChI=1S/C23H34N2O4S/c1-17-15-25(18(2)16-26)30(27,28)23-12-11-20(10-6-9-19-7-4-5-8-19)13-21(23)29-22(17)14-24-3/h11-13,17-19,22,24,26H,4-5,7-9,14-16H2,1-3H3/t17-,18-,22-/m1/s1. The number of benzene rings is 1. The van der Waals surface area contributed by atoms with Crippen molar-refractivity contribution in [1.82, 2.24) is 9.62 Å². The summed E-state index contributed by atoms with van der Waals surface area (Å²) in [6, 6.07) is 4.58. The lowest BCUT2D eigenvalue weighted by molar-refractivity contribution is 0.103. The highest BCUT2D eigenvalue weighted by molar-refractivity contribution is 7.89. The fourth-order valence-electron chi connectivity index (χ4n) is 4.26. The van der Waals surface area contributed by atoms with E-state index in [4.69, 9.17) is 4.74 Å². The summed E-state index contributed by atoms with van der Waals surface area (Å²) in [6.45, 7) is 4.36. The summed E-state index contributed by atoms with van der Waals surface area (Å²) < 4.78 is 34.3. The van der Waals surface area contributed by atoms with Gasteiger partial charge in [-0.3, -0.25) is 0 Å². The topological polar surface area (TPSA) is 78.9 Å². The minimum Gasteiger partial charge on any atom is -0.487 e. The first-order chi connectivity index (χ1) is 14.4. The lowest BCUT2D eigenvalue weighted by atomic mass is 10.0. The highest BCUT2D eigenvalue weighted by Crippen LogP contribution is 2.34. The SMILES string of the molecule is CNC[C@H]1Oc2cc(C#CCC3CCCC3)ccc2S(=O)(=O)N([C@H](C)CO)C[C@H]1C. The third-order valence-electron chi connectivity index (χ3n) is 6.17. The van der Waals surface area contributed by atoms with Crippen LogP contribution < -0.4 is 10.1 Å². The molecule has 7 heteroatoms. The summed E-state index contributed by atoms with van der Waals surface area (Å²) in [5.41, 5.74) is 0.764. The fourth-order valence-corrected chi connectivity index (χ4v) is 6.09. The van der Waals surface area contributed by atoms with Crippen LogP contribution in [0.1, 0.15) is 51.5 Å². The maximum absolute atomic E-state index is 13.4. The molecule has 0 amide bonds. The van der Waals surface area contributed by atoms with Crippen molar-refractivity contribution >= 4 is 10.0 Å². The molecule has 0 radical (unpaired) electrons.